The molecule has 0 aliphatic heterocycles. The van der Waals surface area contributed by atoms with Crippen molar-refractivity contribution in [1.29, 1.82) is 5.41 Å². The van der Waals surface area contributed by atoms with Crippen LogP contribution in [0, 0.1) is 11.2 Å². The van der Waals surface area contributed by atoms with Crippen molar-refractivity contribution in [2.24, 2.45) is 5.84 Å². The minimum absolute atomic E-state index is 0.104. The molecule has 0 bridgehead atoms. The number of hydrogen-bond donors (Lipinski definition) is 4. The van der Waals surface area contributed by atoms with Crippen molar-refractivity contribution in [3.05, 3.63) is 47.4 Å². The van der Waals surface area contributed by atoms with Gasteiger partial charge in [-0.1, -0.05) is 11.8 Å². The highest BCUT2D eigenvalue weighted by atomic mass is 32.2. The average Bonchev–Trinajstić information content (AvgIpc) is 2.85. The second-order valence-electron chi connectivity index (χ2n) is 7.62. The number of halogens is 8. The first kappa shape index (κ1) is 32.4. The number of thioether (sulfide) groups is 2. The van der Waals surface area contributed by atoms with E-state index in [0.717, 1.165) is 22.5 Å². The highest BCUT2D eigenvalue weighted by molar-refractivity contribution is 8.13. The van der Waals surface area contributed by atoms with Gasteiger partial charge in [0.15, 0.2) is 16.8 Å². The number of carbonyl (C=O) groups excluding carboxylic acids is 1. The Labute approximate surface area is 225 Å². The summed E-state index contributed by atoms with van der Waals surface area (Å²) in [4.78, 5) is 21.0. The van der Waals surface area contributed by atoms with E-state index in [1.54, 1.807) is 11.8 Å². The number of benzene rings is 1. The van der Waals surface area contributed by atoms with Gasteiger partial charge in [-0.05, 0) is 42.7 Å². The molecule has 0 radical (unpaired) electrons. The fraction of sp³-hybridized carbons (Fsp3) is 0.381. The third-order valence-corrected chi connectivity index (χ3v) is 6.55. The number of anilines is 2. The smallest absolute Gasteiger partial charge is 0.304 e. The Morgan fingerprint density at radius 2 is 1.85 bits per heavy atom. The van der Waals surface area contributed by atoms with Gasteiger partial charge in [0.25, 0.3) is 5.91 Å². The summed E-state index contributed by atoms with van der Waals surface area (Å²) in [6, 6.07) is 3.82. The third-order valence-electron chi connectivity index (χ3n) is 4.85. The van der Waals surface area contributed by atoms with Crippen molar-refractivity contribution in [2.45, 2.75) is 29.3 Å². The number of nitrogens with one attached hydrogen (secondary N) is 3. The maximum atomic E-state index is 14.5. The number of hydrazine groups is 1. The van der Waals surface area contributed by atoms with Crippen molar-refractivity contribution in [3.63, 3.8) is 0 Å². The number of pyridine rings is 1. The Kier molecular flexibility index (Phi) is 10.8. The summed E-state index contributed by atoms with van der Waals surface area (Å²) in [5.74, 6) is -9.63. The normalized spacial score (nSPS) is 12.3. The second kappa shape index (κ2) is 13.0. The topological polar surface area (TPSA) is 116 Å². The molecule has 1 heterocycles. The number of aromatic nitrogens is 1. The molecule has 18 heteroatoms. The average molecular weight is 607 g/mol. The van der Waals surface area contributed by atoms with Gasteiger partial charge in [0.1, 0.15) is 0 Å². The summed E-state index contributed by atoms with van der Waals surface area (Å²) >= 11 is 2.34. The summed E-state index contributed by atoms with van der Waals surface area (Å²) in [5, 5.41) is 11.1. The highest BCUT2D eigenvalue weighted by Crippen LogP contribution is 2.51. The fourth-order valence-electron chi connectivity index (χ4n) is 2.86. The quantitative estimate of drug-likeness (QED) is 0.0491. The van der Waals surface area contributed by atoms with E-state index in [0.29, 0.717) is 13.0 Å². The molecule has 1 aromatic heterocycles. The molecule has 0 fully saturated rings. The monoisotopic (exact) mass is 606 g/mol. The maximum Gasteiger partial charge on any atom is 0.460 e. The van der Waals surface area contributed by atoms with Gasteiger partial charge in [0, 0.05) is 23.2 Å². The van der Waals surface area contributed by atoms with Crippen molar-refractivity contribution in [3.8, 4) is 0 Å². The molecule has 0 saturated carbocycles. The van der Waals surface area contributed by atoms with Gasteiger partial charge in [0.2, 0.25) is 0 Å². The number of amidine groups is 1. The molecule has 8 nitrogen and oxygen atoms in total. The van der Waals surface area contributed by atoms with E-state index in [1.807, 2.05) is 11.6 Å². The molecule has 2 aromatic rings. The number of nitrogens with two attached hydrogens (primary N) is 1. The summed E-state index contributed by atoms with van der Waals surface area (Å²) in [5.41, 5.74) is 0.441. The zero-order chi connectivity index (χ0) is 29.6. The number of carbonyl (C=O) groups is 1. The minimum atomic E-state index is -6.63. The summed E-state index contributed by atoms with van der Waals surface area (Å²) in [6.07, 6.45) is -4.17. The van der Waals surface area contributed by atoms with Crippen LogP contribution in [0.15, 0.2) is 35.4 Å². The Morgan fingerprint density at radius 3 is 2.41 bits per heavy atom. The maximum absolute atomic E-state index is 14.5. The van der Waals surface area contributed by atoms with E-state index in [9.17, 15) is 39.9 Å². The summed E-state index contributed by atoms with van der Waals surface area (Å²) in [6.45, 7) is 0.330. The Morgan fingerprint density at radius 1 is 1.18 bits per heavy atom. The molecule has 0 saturated heterocycles. The molecule has 0 spiro atoms. The number of rotatable bonds is 11. The lowest BCUT2D eigenvalue weighted by molar-refractivity contribution is -0.359. The third kappa shape index (κ3) is 7.64. The van der Waals surface area contributed by atoms with Crippen LogP contribution in [0.5, 0.6) is 0 Å². The first-order valence-corrected chi connectivity index (χ1v) is 12.8. The van der Waals surface area contributed by atoms with E-state index in [4.69, 9.17) is 16.1 Å². The highest BCUT2D eigenvalue weighted by Gasteiger charge is 2.73. The number of nitrogens with zero attached hydrogens (tertiary/aromatic N) is 2. The van der Waals surface area contributed by atoms with Crippen molar-refractivity contribution in [2.75, 3.05) is 36.5 Å². The molecule has 5 N–H and O–H groups in total. The lowest BCUT2D eigenvalue weighted by Crippen LogP contribution is -2.50. The molecule has 1 amide bonds. The largest absolute Gasteiger partial charge is 0.460 e. The van der Waals surface area contributed by atoms with Crippen LogP contribution in [0.2, 0.25) is 0 Å². The molecule has 2 rings (SSSR count). The van der Waals surface area contributed by atoms with Crippen LogP contribution >= 0.6 is 23.5 Å². The summed E-state index contributed by atoms with van der Waals surface area (Å²) in [7, 11) is 1.28. The molecule has 39 heavy (non-hydrogen) atoms. The van der Waals surface area contributed by atoms with Crippen molar-refractivity contribution < 1.29 is 44.8 Å². The predicted molar refractivity (Wildman–Crippen MR) is 132 cm³/mol. The van der Waals surface area contributed by atoms with Gasteiger partial charge in [-0.15, -0.1) is 0 Å². The van der Waals surface area contributed by atoms with Crippen molar-refractivity contribution >= 4 is 46.1 Å². The van der Waals surface area contributed by atoms with Crippen LogP contribution in [0.4, 0.5) is 46.6 Å². The first-order chi connectivity index (χ1) is 18.1. The molecular weight excluding hydrogens is 584 g/mol. The standard InChI is InChI=1S/C21H22F8N6O2S2/c1-37-34-12-4-5-15(39-18(30)35(31)6-3-7-38-2)13(9-12)17(36)33-16-14(22)8-11(10-32-16)19(23,24)20(25,26)21(27,28)29/h4-5,8-10,30,34H,3,6-7,31H2,1-2H3,(H,32,33,36). The first-order valence-electron chi connectivity index (χ1n) is 10.6. The van der Waals surface area contributed by atoms with Crippen LogP contribution in [-0.2, 0) is 10.8 Å². The van der Waals surface area contributed by atoms with Crippen LogP contribution in [0.3, 0.4) is 0 Å². The molecule has 216 valence electrons. The van der Waals surface area contributed by atoms with Crippen LogP contribution in [0.1, 0.15) is 22.3 Å². The van der Waals surface area contributed by atoms with E-state index in [2.05, 4.69) is 10.5 Å². The lowest BCUT2D eigenvalue weighted by Gasteiger charge is -2.28. The fourth-order valence-corrected chi connectivity index (χ4v) is 4.09. The lowest BCUT2D eigenvalue weighted by atomic mass is 10.0. The molecule has 0 aliphatic rings. The van der Waals surface area contributed by atoms with Gasteiger partial charge in [-0.3, -0.25) is 25.5 Å². The van der Waals surface area contributed by atoms with Gasteiger partial charge >= 0.3 is 18.0 Å². The molecule has 0 atom stereocenters. The van der Waals surface area contributed by atoms with E-state index in [1.165, 1.54) is 25.3 Å². The van der Waals surface area contributed by atoms with Gasteiger partial charge in [0.05, 0.1) is 18.4 Å². The molecule has 0 aliphatic carbocycles. The van der Waals surface area contributed by atoms with Crippen molar-refractivity contribution in [1.82, 2.24) is 9.99 Å². The van der Waals surface area contributed by atoms with Gasteiger partial charge in [-0.2, -0.15) is 42.5 Å². The Hall–Kier alpha value is -2.83. The van der Waals surface area contributed by atoms with E-state index < -0.39 is 41.1 Å². The zero-order valence-corrected chi connectivity index (χ0v) is 21.8. The molecule has 1 aromatic carbocycles. The summed E-state index contributed by atoms with van der Waals surface area (Å²) < 4.78 is 106. The SMILES string of the molecule is CONc1ccc(SC(=N)N(N)CCCSC)c(C(=O)Nc2ncc(C(F)(F)C(F)(F)C(F)(F)F)cc2F)c1. The minimum Gasteiger partial charge on any atom is -0.304 e. The van der Waals surface area contributed by atoms with Gasteiger partial charge < -0.3 is 5.32 Å². The predicted octanol–water partition coefficient (Wildman–Crippen LogP) is 5.69. The number of alkyl halides is 7. The Bertz CT molecular complexity index is 1190. The van der Waals surface area contributed by atoms with E-state index >= 15 is 0 Å². The van der Waals surface area contributed by atoms with E-state index in [-0.39, 0.29) is 33.6 Å². The number of amides is 1. The van der Waals surface area contributed by atoms with Crippen LogP contribution in [0.25, 0.3) is 0 Å². The second-order valence-corrected chi connectivity index (χ2v) is 9.64. The van der Waals surface area contributed by atoms with Crippen LogP contribution < -0.4 is 16.6 Å². The van der Waals surface area contributed by atoms with Gasteiger partial charge in [-0.25, -0.2) is 15.2 Å². The molecule has 0 unspecified atom stereocenters. The molecular formula is C21H22F8N6O2S2. The zero-order valence-electron chi connectivity index (χ0n) is 20.1. The Balaban J connectivity index is 2.34. The van der Waals surface area contributed by atoms with Crippen LogP contribution in [-0.4, -0.2) is 58.8 Å². The number of hydrogen-bond acceptors (Lipinski definition) is 8.